The monoisotopic (exact) mass is 485 g/mol. The van der Waals surface area contributed by atoms with Gasteiger partial charge in [-0.3, -0.25) is 14.5 Å². The predicted molar refractivity (Wildman–Crippen MR) is 126 cm³/mol. The van der Waals surface area contributed by atoms with Crippen LogP contribution >= 0.6 is 34.5 Å². The van der Waals surface area contributed by atoms with Crippen molar-refractivity contribution in [3.05, 3.63) is 84.1 Å². The number of nitrogens with zero attached hydrogens (tertiary/aromatic N) is 3. The summed E-state index contributed by atoms with van der Waals surface area (Å²) >= 11 is 13.7. The fourth-order valence-electron chi connectivity index (χ4n) is 3.92. The van der Waals surface area contributed by atoms with Crippen molar-refractivity contribution in [2.75, 3.05) is 4.90 Å². The highest BCUT2D eigenvalue weighted by molar-refractivity contribution is 7.15. The smallest absolute Gasteiger partial charge is 0.297 e. The number of hydrogen-bond acceptors (Lipinski definition) is 6. The van der Waals surface area contributed by atoms with Gasteiger partial charge >= 0.3 is 0 Å². The molecule has 162 valence electrons. The number of benzene rings is 2. The Morgan fingerprint density at radius 3 is 2.53 bits per heavy atom. The summed E-state index contributed by atoms with van der Waals surface area (Å²) < 4.78 is 5.99. The van der Waals surface area contributed by atoms with Gasteiger partial charge in [-0.15, -0.1) is 10.2 Å². The van der Waals surface area contributed by atoms with Crippen LogP contribution in [0.5, 0.6) is 0 Å². The first-order chi connectivity index (χ1) is 15.4. The molecule has 0 saturated carbocycles. The molecule has 0 bridgehead atoms. The molecule has 1 atom stereocenters. The Morgan fingerprint density at radius 2 is 1.84 bits per heavy atom. The maximum Gasteiger partial charge on any atom is 0.297 e. The molecule has 6 nitrogen and oxygen atoms in total. The molecule has 9 heteroatoms. The number of rotatable bonds is 4. The lowest BCUT2D eigenvalue weighted by Crippen LogP contribution is -2.29. The molecule has 1 aliphatic heterocycles. The van der Waals surface area contributed by atoms with Crippen LogP contribution in [0.25, 0.3) is 11.0 Å². The number of anilines is 1. The molecular weight excluding hydrogens is 469 g/mol. The van der Waals surface area contributed by atoms with E-state index in [0.29, 0.717) is 38.1 Å². The van der Waals surface area contributed by atoms with Gasteiger partial charge < -0.3 is 4.42 Å². The minimum atomic E-state index is -0.754. The lowest BCUT2D eigenvalue weighted by Gasteiger charge is -2.22. The first-order valence-corrected chi connectivity index (χ1v) is 11.7. The van der Waals surface area contributed by atoms with Crippen LogP contribution in [0.3, 0.4) is 0 Å². The largest absolute Gasteiger partial charge is 0.450 e. The molecule has 32 heavy (non-hydrogen) atoms. The Bertz CT molecular complexity index is 1450. The lowest BCUT2D eigenvalue weighted by molar-refractivity contribution is 0.0970. The van der Waals surface area contributed by atoms with Crippen LogP contribution in [0.1, 0.15) is 52.1 Å². The third-order valence-corrected chi connectivity index (χ3v) is 7.37. The number of aromatic nitrogens is 2. The Hall–Kier alpha value is -2.74. The normalized spacial score (nSPS) is 15.6. The number of amides is 1. The Balaban J connectivity index is 1.80. The van der Waals surface area contributed by atoms with E-state index in [4.69, 9.17) is 27.6 Å². The van der Waals surface area contributed by atoms with Crippen molar-refractivity contribution in [1.82, 2.24) is 10.2 Å². The van der Waals surface area contributed by atoms with Crippen LogP contribution in [0.4, 0.5) is 5.13 Å². The van der Waals surface area contributed by atoms with Crippen LogP contribution in [0.2, 0.25) is 10.0 Å². The van der Waals surface area contributed by atoms with Crippen molar-refractivity contribution in [3.8, 4) is 0 Å². The zero-order chi connectivity index (χ0) is 22.6. The second kappa shape index (κ2) is 7.99. The fourth-order valence-corrected chi connectivity index (χ4v) is 5.03. The van der Waals surface area contributed by atoms with E-state index in [1.54, 1.807) is 24.3 Å². The number of hydrogen-bond donors (Lipinski definition) is 0. The van der Waals surface area contributed by atoms with Gasteiger partial charge in [0.2, 0.25) is 10.9 Å². The number of fused-ring (bicyclic) bond motifs is 2. The van der Waals surface area contributed by atoms with Crippen molar-refractivity contribution in [2.24, 2.45) is 0 Å². The standard InChI is InChI=1S/C23H17Cl2N3O3S/c1-3-11-5-8-16-13(9-11)20(29)18-19(12-6-7-14(24)15(25)10-12)28(22(30)21(18)31-16)23-27-26-17(4-2)32-23/h5-10,19H,3-4H2,1-2H3. The molecule has 2 aromatic carbocycles. The summed E-state index contributed by atoms with van der Waals surface area (Å²) in [5.41, 5.74) is 2.04. The molecule has 4 aromatic rings. The number of carbonyl (C=O) groups is 1. The zero-order valence-electron chi connectivity index (χ0n) is 17.2. The highest BCUT2D eigenvalue weighted by Gasteiger charge is 2.45. The maximum absolute atomic E-state index is 13.7. The van der Waals surface area contributed by atoms with Gasteiger partial charge in [-0.25, -0.2) is 0 Å². The van der Waals surface area contributed by atoms with E-state index < -0.39 is 11.9 Å². The molecule has 0 saturated heterocycles. The SMILES string of the molecule is CCc1ccc2oc3c(c(=O)c2c1)C(c1ccc(Cl)c(Cl)c1)N(c1nnc(CC)s1)C3=O. The van der Waals surface area contributed by atoms with Gasteiger partial charge in [0.15, 0.2) is 5.43 Å². The van der Waals surface area contributed by atoms with Crippen LogP contribution in [-0.2, 0) is 12.8 Å². The molecule has 0 aliphatic carbocycles. The van der Waals surface area contributed by atoms with Gasteiger partial charge in [-0.1, -0.05) is 60.5 Å². The Morgan fingerprint density at radius 1 is 1.03 bits per heavy atom. The molecule has 2 aromatic heterocycles. The summed E-state index contributed by atoms with van der Waals surface area (Å²) in [4.78, 5) is 28.7. The Kier molecular flexibility index (Phi) is 5.28. The third-order valence-electron chi connectivity index (χ3n) is 5.57. The zero-order valence-corrected chi connectivity index (χ0v) is 19.5. The van der Waals surface area contributed by atoms with Gasteiger partial charge in [-0.05, 0) is 48.2 Å². The first-order valence-electron chi connectivity index (χ1n) is 10.1. The summed E-state index contributed by atoms with van der Waals surface area (Å²) in [5.74, 6) is -0.426. The van der Waals surface area contributed by atoms with E-state index in [9.17, 15) is 9.59 Å². The molecule has 0 spiro atoms. The molecule has 3 heterocycles. The topological polar surface area (TPSA) is 76.3 Å². The van der Waals surface area contributed by atoms with E-state index in [-0.39, 0.29) is 16.8 Å². The van der Waals surface area contributed by atoms with Gasteiger partial charge in [-0.2, -0.15) is 0 Å². The van der Waals surface area contributed by atoms with Gasteiger partial charge in [0.1, 0.15) is 10.6 Å². The summed E-state index contributed by atoms with van der Waals surface area (Å²) in [5, 5.41) is 10.7. The number of carbonyl (C=O) groups excluding carboxylic acids is 1. The van der Waals surface area contributed by atoms with Crippen LogP contribution in [0.15, 0.2) is 45.6 Å². The van der Waals surface area contributed by atoms with Crippen molar-refractivity contribution < 1.29 is 9.21 Å². The van der Waals surface area contributed by atoms with Crippen LogP contribution < -0.4 is 10.3 Å². The quantitative estimate of drug-likeness (QED) is 0.363. The van der Waals surface area contributed by atoms with Crippen molar-refractivity contribution in [2.45, 2.75) is 32.7 Å². The average molecular weight is 486 g/mol. The van der Waals surface area contributed by atoms with E-state index in [0.717, 1.165) is 17.0 Å². The maximum atomic E-state index is 13.7. The highest BCUT2D eigenvalue weighted by atomic mass is 35.5. The second-order valence-electron chi connectivity index (χ2n) is 7.44. The second-order valence-corrected chi connectivity index (χ2v) is 9.30. The van der Waals surface area contributed by atoms with E-state index in [2.05, 4.69) is 10.2 Å². The first kappa shape index (κ1) is 21.1. The minimum absolute atomic E-state index is 0.0102. The number of aryl methyl sites for hydroxylation is 2. The molecule has 0 fully saturated rings. The average Bonchev–Trinajstić information content (AvgIpc) is 3.38. The molecule has 1 amide bonds. The van der Waals surface area contributed by atoms with Crippen molar-refractivity contribution in [3.63, 3.8) is 0 Å². The van der Waals surface area contributed by atoms with Crippen molar-refractivity contribution >= 4 is 56.5 Å². The van der Waals surface area contributed by atoms with Crippen LogP contribution in [-0.4, -0.2) is 16.1 Å². The molecule has 1 aliphatic rings. The molecule has 1 unspecified atom stereocenters. The minimum Gasteiger partial charge on any atom is -0.450 e. The summed E-state index contributed by atoms with van der Waals surface area (Å²) in [6, 6.07) is 9.76. The number of halogens is 2. The molecule has 0 N–H and O–H groups in total. The van der Waals surface area contributed by atoms with Crippen LogP contribution in [0, 0.1) is 0 Å². The van der Waals surface area contributed by atoms with Gasteiger partial charge in [0, 0.05) is 0 Å². The third kappa shape index (κ3) is 3.23. The lowest BCUT2D eigenvalue weighted by atomic mass is 9.98. The summed E-state index contributed by atoms with van der Waals surface area (Å²) in [6.07, 6.45) is 1.46. The summed E-state index contributed by atoms with van der Waals surface area (Å²) in [6.45, 7) is 3.98. The van der Waals surface area contributed by atoms with Crippen molar-refractivity contribution in [1.29, 1.82) is 0 Å². The van der Waals surface area contributed by atoms with E-state index in [1.165, 1.54) is 16.2 Å². The highest BCUT2D eigenvalue weighted by Crippen LogP contribution is 2.43. The molecule has 5 rings (SSSR count). The molecular formula is C23H17Cl2N3O3S. The Labute approximate surface area is 197 Å². The fraction of sp³-hybridized carbons (Fsp3) is 0.217. The van der Waals surface area contributed by atoms with Gasteiger partial charge in [0.05, 0.1) is 27.0 Å². The predicted octanol–water partition coefficient (Wildman–Crippen LogP) is 5.83. The van der Waals surface area contributed by atoms with Gasteiger partial charge in [0.25, 0.3) is 5.91 Å². The molecule has 0 radical (unpaired) electrons. The summed E-state index contributed by atoms with van der Waals surface area (Å²) in [7, 11) is 0. The van der Waals surface area contributed by atoms with E-state index >= 15 is 0 Å². The van der Waals surface area contributed by atoms with E-state index in [1.807, 2.05) is 26.0 Å².